The zero-order valence-corrected chi connectivity index (χ0v) is 12.0. The van der Waals surface area contributed by atoms with Crippen LogP contribution in [0.25, 0.3) is 16.7 Å². The van der Waals surface area contributed by atoms with Crippen molar-refractivity contribution < 1.29 is 8.81 Å². The molecular weight excluding hydrogens is 297 g/mol. The van der Waals surface area contributed by atoms with Crippen LogP contribution in [0.5, 0.6) is 0 Å². The molecule has 3 heterocycles. The van der Waals surface area contributed by atoms with Crippen molar-refractivity contribution >= 4 is 16.9 Å². The van der Waals surface area contributed by atoms with E-state index in [-0.39, 0.29) is 5.82 Å². The van der Waals surface area contributed by atoms with Crippen molar-refractivity contribution in [1.82, 2.24) is 19.7 Å². The Kier molecular flexibility index (Phi) is 3.23. The summed E-state index contributed by atoms with van der Waals surface area (Å²) in [6.07, 6.45) is 4.73. The highest BCUT2D eigenvalue weighted by Gasteiger charge is 2.11. The van der Waals surface area contributed by atoms with E-state index in [1.807, 2.05) is 12.1 Å². The molecule has 7 heteroatoms. The molecule has 0 fully saturated rings. The molecule has 0 spiro atoms. The number of fused-ring (bicyclic) bond motifs is 1. The topological polar surface area (TPSA) is 68.8 Å². The number of nitrogens with zero attached hydrogens (tertiary/aromatic N) is 4. The molecule has 1 aromatic carbocycles. The quantitative estimate of drug-likeness (QED) is 0.627. The average molecular weight is 309 g/mol. The smallest absolute Gasteiger partial charge is 0.168 e. The standard InChI is InChI=1S/C16H12FN5O/c17-11-3-1-4-12(7-11)22-16-14(9-21-22)15(19-10-20-16)18-8-13-5-2-6-23-13/h1-7,9-10H,8H2,(H,18,19,20). The fourth-order valence-corrected chi connectivity index (χ4v) is 2.37. The Hall–Kier alpha value is -3.22. The highest BCUT2D eigenvalue weighted by molar-refractivity contribution is 5.87. The van der Waals surface area contributed by atoms with Crippen LogP contribution in [-0.4, -0.2) is 19.7 Å². The fourth-order valence-electron chi connectivity index (χ4n) is 2.37. The van der Waals surface area contributed by atoms with E-state index in [2.05, 4.69) is 20.4 Å². The minimum Gasteiger partial charge on any atom is -0.467 e. The second kappa shape index (κ2) is 5.53. The van der Waals surface area contributed by atoms with E-state index in [9.17, 15) is 4.39 Å². The molecular formula is C16H12FN5O. The maximum absolute atomic E-state index is 13.4. The molecule has 0 atom stereocenters. The summed E-state index contributed by atoms with van der Waals surface area (Å²) in [6.45, 7) is 0.504. The van der Waals surface area contributed by atoms with Gasteiger partial charge in [0.25, 0.3) is 0 Å². The van der Waals surface area contributed by atoms with Gasteiger partial charge in [-0.1, -0.05) is 6.07 Å². The SMILES string of the molecule is Fc1cccc(-n2ncc3c(NCc4ccco4)ncnc32)c1. The highest BCUT2D eigenvalue weighted by atomic mass is 19.1. The van der Waals surface area contributed by atoms with Crippen LogP contribution >= 0.6 is 0 Å². The zero-order valence-electron chi connectivity index (χ0n) is 12.0. The van der Waals surface area contributed by atoms with Crippen molar-refractivity contribution in [1.29, 1.82) is 0 Å². The summed E-state index contributed by atoms with van der Waals surface area (Å²) in [5, 5.41) is 8.24. The third-order valence-corrected chi connectivity index (χ3v) is 3.43. The van der Waals surface area contributed by atoms with Gasteiger partial charge in [-0.25, -0.2) is 19.0 Å². The average Bonchev–Trinajstić information content (AvgIpc) is 3.22. The van der Waals surface area contributed by atoms with Gasteiger partial charge < -0.3 is 9.73 Å². The van der Waals surface area contributed by atoms with E-state index in [0.29, 0.717) is 23.7 Å². The minimum absolute atomic E-state index is 0.323. The lowest BCUT2D eigenvalue weighted by Crippen LogP contribution is -2.02. The van der Waals surface area contributed by atoms with Crippen LogP contribution < -0.4 is 5.32 Å². The third kappa shape index (κ3) is 2.52. The van der Waals surface area contributed by atoms with Crippen molar-refractivity contribution in [2.24, 2.45) is 0 Å². The highest BCUT2D eigenvalue weighted by Crippen LogP contribution is 2.22. The van der Waals surface area contributed by atoms with Gasteiger partial charge in [-0.15, -0.1) is 0 Å². The number of hydrogen-bond donors (Lipinski definition) is 1. The molecule has 1 N–H and O–H groups in total. The van der Waals surface area contributed by atoms with E-state index in [1.165, 1.54) is 18.5 Å². The predicted molar refractivity (Wildman–Crippen MR) is 82.7 cm³/mol. The number of nitrogens with one attached hydrogen (secondary N) is 1. The Labute approximate surface area is 130 Å². The number of hydrogen-bond acceptors (Lipinski definition) is 5. The van der Waals surface area contributed by atoms with Gasteiger partial charge in [0.05, 0.1) is 30.1 Å². The Morgan fingerprint density at radius 1 is 1.17 bits per heavy atom. The predicted octanol–water partition coefficient (Wildman–Crippen LogP) is 3.16. The molecule has 0 bridgehead atoms. The van der Waals surface area contributed by atoms with E-state index in [1.54, 1.807) is 29.3 Å². The van der Waals surface area contributed by atoms with Crippen molar-refractivity contribution in [2.45, 2.75) is 6.54 Å². The van der Waals surface area contributed by atoms with E-state index >= 15 is 0 Å². The molecule has 0 saturated heterocycles. The molecule has 0 aliphatic heterocycles. The second-order valence-electron chi connectivity index (χ2n) is 4.93. The summed E-state index contributed by atoms with van der Waals surface area (Å²) in [5.41, 5.74) is 1.21. The molecule has 23 heavy (non-hydrogen) atoms. The lowest BCUT2D eigenvalue weighted by Gasteiger charge is -2.05. The number of furan rings is 1. The van der Waals surface area contributed by atoms with Crippen LogP contribution in [0.1, 0.15) is 5.76 Å². The largest absolute Gasteiger partial charge is 0.467 e. The molecule has 4 aromatic rings. The van der Waals surface area contributed by atoms with Crippen LogP contribution in [0.4, 0.5) is 10.2 Å². The number of benzene rings is 1. The summed E-state index contributed by atoms with van der Waals surface area (Å²) in [6, 6.07) is 9.91. The summed E-state index contributed by atoms with van der Waals surface area (Å²) in [4.78, 5) is 8.50. The number of anilines is 1. The van der Waals surface area contributed by atoms with Gasteiger partial charge >= 0.3 is 0 Å². The van der Waals surface area contributed by atoms with Gasteiger partial charge in [0.15, 0.2) is 5.65 Å². The molecule has 0 saturated carbocycles. The number of rotatable bonds is 4. The fraction of sp³-hybridized carbons (Fsp3) is 0.0625. The van der Waals surface area contributed by atoms with Gasteiger partial charge in [0.1, 0.15) is 23.7 Å². The number of halogens is 1. The first-order valence-corrected chi connectivity index (χ1v) is 7.02. The monoisotopic (exact) mass is 309 g/mol. The van der Waals surface area contributed by atoms with Crippen LogP contribution in [0.3, 0.4) is 0 Å². The molecule has 0 aliphatic rings. The Bertz CT molecular complexity index is 948. The van der Waals surface area contributed by atoms with Gasteiger partial charge in [0, 0.05) is 0 Å². The lowest BCUT2D eigenvalue weighted by molar-refractivity contribution is 0.518. The van der Waals surface area contributed by atoms with Gasteiger partial charge in [-0.3, -0.25) is 0 Å². The molecule has 0 radical (unpaired) electrons. The van der Waals surface area contributed by atoms with Crippen molar-refractivity contribution in [3.05, 3.63) is 66.8 Å². The Morgan fingerprint density at radius 3 is 2.96 bits per heavy atom. The molecule has 0 aliphatic carbocycles. The lowest BCUT2D eigenvalue weighted by atomic mass is 10.3. The molecule has 114 valence electrons. The second-order valence-corrected chi connectivity index (χ2v) is 4.93. The van der Waals surface area contributed by atoms with E-state index < -0.39 is 0 Å². The van der Waals surface area contributed by atoms with Crippen LogP contribution in [0, 0.1) is 5.82 Å². The Balaban J connectivity index is 1.71. The molecule has 6 nitrogen and oxygen atoms in total. The maximum atomic E-state index is 13.4. The van der Waals surface area contributed by atoms with E-state index in [4.69, 9.17) is 4.42 Å². The first-order valence-electron chi connectivity index (χ1n) is 7.02. The van der Waals surface area contributed by atoms with Gasteiger partial charge in [-0.05, 0) is 30.3 Å². The zero-order chi connectivity index (χ0) is 15.6. The van der Waals surface area contributed by atoms with Gasteiger partial charge in [0.2, 0.25) is 0 Å². The van der Waals surface area contributed by atoms with Crippen molar-refractivity contribution in [3.63, 3.8) is 0 Å². The summed E-state index contributed by atoms with van der Waals surface area (Å²) in [5.74, 6) is 1.12. The first-order chi connectivity index (χ1) is 11.3. The van der Waals surface area contributed by atoms with E-state index in [0.717, 1.165) is 11.1 Å². The molecule has 3 aromatic heterocycles. The summed E-state index contributed by atoms with van der Waals surface area (Å²) in [7, 11) is 0. The van der Waals surface area contributed by atoms with Crippen LogP contribution in [0.2, 0.25) is 0 Å². The Morgan fingerprint density at radius 2 is 2.13 bits per heavy atom. The van der Waals surface area contributed by atoms with Gasteiger partial charge in [-0.2, -0.15) is 5.10 Å². The minimum atomic E-state index is -0.323. The molecule has 4 rings (SSSR count). The number of aromatic nitrogens is 4. The van der Waals surface area contributed by atoms with Crippen molar-refractivity contribution in [3.8, 4) is 5.69 Å². The van der Waals surface area contributed by atoms with Crippen LogP contribution in [0.15, 0.2) is 59.6 Å². The van der Waals surface area contributed by atoms with Crippen molar-refractivity contribution in [2.75, 3.05) is 5.32 Å². The molecule has 0 amide bonds. The molecule has 0 unspecified atom stereocenters. The summed E-state index contributed by atoms with van der Waals surface area (Å²) >= 11 is 0. The first kappa shape index (κ1) is 13.4. The summed E-state index contributed by atoms with van der Waals surface area (Å²) < 4.78 is 20.3. The normalized spacial score (nSPS) is 11.0. The van der Waals surface area contributed by atoms with Crippen LogP contribution in [-0.2, 0) is 6.54 Å². The third-order valence-electron chi connectivity index (χ3n) is 3.43. The maximum Gasteiger partial charge on any atom is 0.168 e.